The number of hydrogen-bond donors (Lipinski definition) is 0. The summed E-state index contributed by atoms with van der Waals surface area (Å²) < 4.78 is 62.6. The van der Waals surface area contributed by atoms with Crippen LogP contribution in [0.2, 0.25) is 0 Å². The van der Waals surface area contributed by atoms with E-state index in [-0.39, 0.29) is 5.82 Å². The molecular weight excluding hydrogens is 216 g/mol. The van der Waals surface area contributed by atoms with Gasteiger partial charge in [-0.1, -0.05) is 0 Å². The van der Waals surface area contributed by atoms with E-state index in [9.17, 15) is 0 Å². The molecule has 2 rings (SSSR count). The zero-order chi connectivity index (χ0) is 15.6. The normalized spacial score (nSPS) is 43.6. The minimum atomic E-state index is -3.04. The van der Waals surface area contributed by atoms with Gasteiger partial charge in [-0.25, -0.2) is 4.98 Å². The molecular formula is C9H11BrN2. The molecule has 0 amide bonds. The van der Waals surface area contributed by atoms with Crippen LogP contribution in [0.3, 0.4) is 0 Å². The third-order valence-electron chi connectivity index (χ3n) is 1.34. The molecule has 0 N–H and O–H groups in total. The first-order chi connectivity index (χ1) is 8.87. The quantitative estimate of drug-likeness (QED) is 0.743. The predicted molar refractivity (Wildman–Crippen MR) is 53.4 cm³/mol. The van der Waals surface area contributed by atoms with Crippen molar-refractivity contribution < 1.29 is 11.0 Å². The zero-order valence-electron chi connectivity index (χ0n) is 14.0. The standard InChI is InChI=1S/C9H11BrN2/c10-8-3-4-9(11-7-8)12-5-1-2-6-12/h3-4,7H,1-2,5-6H2/i1D2,2D2,5D2,6D2. The van der Waals surface area contributed by atoms with E-state index in [4.69, 9.17) is 11.0 Å². The first kappa shape index (κ1) is 2.98. The van der Waals surface area contributed by atoms with Gasteiger partial charge in [0.1, 0.15) is 5.82 Å². The Kier molecular flexibility index (Phi) is 0.853. The highest BCUT2D eigenvalue weighted by molar-refractivity contribution is 9.10. The molecule has 1 aliphatic rings. The van der Waals surface area contributed by atoms with Crippen LogP contribution in [-0.4, -0.2) is 18.0 Å². The lowest BCUT2D eigenvalue weighted by Crippen LogP contribution is -2.18. The second-order valence-electron chi connectivity index (χ2n) is 2.14. The van der Waals surface area contributed by atoms with E-state index in [0.29, 0.717) is 9.37 Å². The largest absolute Gasteiger partial charge is 0.357 e. The maximum atomic E-state index is 7.83. The Bertz CT molecular complexity index is 503. The molecule has 1 saturated heterocycles. The van der Waals surface area contributed by atoms with Crippen molar-refractivity contribution in [2.75, 3.05) is 17.9 Å². The van der Waals surface area contributed by atoms with Crippen molar-refractivity contribution in [2.24, 2.45) is 0 Å². The lowest BCUT2D eigenvalue weighted by molar-refractivity contribution is 0.936. The van der Waals surface area contributed by atoms with Crippen LogP contribution in [0.25, 0.3) is 0 Å². The van der Waals surface area contributed by atoms with Crippen molar-refractivity contribution in [3.8, 4) is 0 Å². The van der Waals surface area contributed by atoms with Crippen molar-refractivity contribution in [2.45, 2.75) is 12.7 Å². The minimum Gasteiger partial charge on any atom is -0.357 e. The molecule has 0 bridgehead atoms. The van der Waals surface area contributed by atoms with Gasteiger partial charge in [0, 0.05) is 34.6 Å². The molecule has 0 aromatic carbocycles. The van der Waals surface area contributed by atoms with Crippen LogP contribution in [0.4, 0.5) is 5.82 Å². The number of rotatable bonds is 1. The summed E-state index contributed by atoms with van der Waals surface area (Å²) >= 11 is 3.14. The fourth-order valence-electron chi connectivity index (χ4n) is 0.810. The average Bonchev–Trinajstić information content (AvgIpc) is 2.36. The van der Waals surface area contributed by atoms with E-state index >= 15 is 0 Å². The van der Waals surface area contributed by atoms with Gasteiger partial charge in [-0.2, -0.15) is 0 Å². The molecule has 0 aliphatic carbocycles. The molecule has 1 aromatic rings. The molecule has 1 aliphatic heterocycles. The van der Waals surface area contributed by atoms with Crippen LogP contribution in [0.15, 0.2) is 22.8 Å². The molecule has 2 heterocycles. The minimum absolute atomic E-state index is 0.173. The topological polar surface area (TPSA) is 16.1 Å². The van der Waals surface area contributed by atoms with Gasteiger partial charge in [-0.05, 0) is 40.8 Å². The molecule has 0 atom stereocenters. The summed E-state index contributed by atoms with van der Waals surface area (Å²) in [7, 11) is 0. The van der Waals surface area contributed by atoms with Gasteiger partial charge in [0.25, 0.3) is 0 Å². The highest BCUT2D eigenvalue weighted by Crippen LogP contribution is 2.18. The summed E-state index contributed by atoms with van der Waals surface area (Å²) in [5.41, 5.74) is 0. The maximum Gasteiger partial charge on any atom is 0.128 e. The maximum absolute atomic E-state index is 7.83. The van der Waals surface area contributed by atoms with Crippen molar-refractivity contribution in [3.63, 3.8) is 0 Å². The Balaban J connectivity index is 2.66. The summed E-state index contributed by atoms with van der Waals surface area (Å²) in [5.74, 6) is -0.173. The lowest BCUT2D eigenvalue weighted by Gasteiger charge is -2.15. The van der Waals surface area contributed by atoms with Crippen molar-refractivity contribution in [3.05, 3.63) is 22.8 Å². The highest BCUT2D eigenvalue weighted by atomic mass is 79.9. The van der Waals surface area contributed by atoms with Gasteiger partial charge in [0.05, 0.1) is 0 Å². The summed E-state index contributed by atoms with van der Waals surface area (Å²) in [6.45, 7) is -5.78. The molecule has 0 unspecified atom stereocenters. The third-order valence-corrected chi connectivity index (χ3v) is 1.81. The number of anilines is 1. The van der Waals surface area contributed by atoms with Crippen LogP contribution in [0, 0.1) is 0 Å². The first-order valence-electron chi connectivity index (χ1n) is 7.29. The van der Waals surface area contributed by atoms with Crippen molar-refractivity contribution >= 4 is 21.7 Å². The zero-order valence-corrected chi connectivity index (χ0v) is 7.59. The molecule has 0 radical (unpaired) electrons. The van der Waals surface area contributed by atoms with Crippen molar-refractivity contribution in [1.82, 2.24) is 4.98 Å². The number of hydrogen-bond acceptors (Lipinski definition) is 2. The Morgan fingerprint density at radius 1 is 1.42 bits per heavy atom. The van der Waals surface area contributed by atoms with E-state index in [0.717, 1.165) is 0 Å². The summed E-state index contributed by atoms with van der Waals surface area (Å²) in [4.78, 5) is 4.27. The Morgan fingerprint density at radius 3 is 2.75 bits per heavy atom. The third kappa shape index (κ3) is 1.61. The number of aromatic nitrogens is 1. The molecule has 1 fully saturated rings. The van der Waals surface area contributed by atoms with E-state index in [2.05, 4.69) is 20.9 Å². The molecule has 1 aromatic heterocycles. The van der Waals surface area contributed by atoms with Crippen LogP contribution in [-0.2, 0) is 0 Å². The smallest absolute Gasteiger partial charge is 0.128 e. The Hall–Kier alpha value is -0.570. The Labute approximate surface area is 92.0 Å². The van der Waals surface area contributed by atoms with Crippen LogP contribution in [0.1, 0.15) is 23.7 Å². The first-order valence-corrected chi connectivity index (χ1v) is 4.08. The van der Waals surface area contributed by atoms with Crippen LogP contribution in [0.5, 0.6) is 0 Å². The van der Waals surface area contributed by atoms with E-state index < -0.39 is 25.7 Å². The lowest BCUT2D eigenvalue weighted by atomic mass is 10.4. The number of halogens is 1. The second kappa shape index (κ2) is 3.44. The SMILES string of the molecule is [2H]C1([2H])N(c2ccc(Br)cn2)C([2H])([2H])C([2H])([2H])C1([2H])[2H]. The highest BCUT2D eigenvalue weighted by Gasteiger charge is 2.12. The summed E-state index contributed by atoms with van der Waals surface area (Å²) in [5, 5.41) is 0. The molecule has 0 saturated carbocycles. The average molecular weight is 235 g/mol. The van der Waals surface area contributed by atoms with Gasteiger partial charge in [0.15, 0.2) is 0 Å². The van der Waals surface area contributed by atoms with Gasteiger partial charge in [-0.3, -0.25) is 0 Å². The molecule has 2 nitrogen and oxygen atoms in total. The second-order valence-corrected chi connectivity index (χ2v) is 3.06. The van der Waals surface area contributed by atoms with Gasteiger partial charge >= 0.3 is 0 Å². The van der Waals surface area contributed by atoms with E-state index in [1.165, 1.54) is 18.3 Å². The summed E-state index contributed by atoms with van der Waals surface area (Å²) in [6, 6.07) is 2.80. The molecule has 12 heavy (non-hydrogen) atoms. The monoisotopic (exact) mass is 234 g/mol. The summed E-state index contributed by atoms with van der Waals surface area (Å²) in [6.07, 6.45) is -4.78. The van der Waals surface area contributed by atoms with E-state index in [1.54, 1.807) is 0 Å². The van der Waals surface area contributed by atoms with Crippen molar-refractivity contribution in [1.29, 1.82) is 0 Å². The van der Waals surface area contributed by atoms with Gasteiger partial charge < -0.3 is 4.90 Å². The predicted octanol–water partition coefficient (Wildman–Crippen LogP) is 2.44. The molecule has 0 spiro atoms. The molecule has 3 heteroatoms. The van der Waals surface area contributed by atoms with Gasteiger partial charge in [-0.15, -0.1) is 0 Å². The molecule has 64 valence electrons. The van der Waals surface area contributed by atoms with E-state index in [1.807, 2.05) is 0 Å². The number of pyridine rings is 1. The van der Waals surface area contributed by atoms with Crippen LogP contribution >= 0.6 is 15.9 Å². The van der Waals surface area contributed by atoms with Gasteiger partial charge in [0.2, 0.25) is 0 Å². The fourth-order valence-corrected chi connectivity index (χ4v) is 1.05. The van der Waals surface area contributed by atoms with Crippen LogP contribution < -0.4 is 4.90 Å². The Morgan fingerprint density at radius 2 is 2.17 bits per heavy atom. The fraction of sp³-hybridized carbons (Fsp3) is 0.444. The number of nitrogens with zero attached hydrogens (tertiary/aromatic N) is 2.